The van der Waals surface area contributed by atoms with Gasteiger partial charge in [0.2, 0.25) is 0 Å². The quantitative estimate of drug-likeness (QED) is 0.543. The van der Waals surface area contributed by atoms with Crippen LogP contribution in [0.4, 0.5) is 0 Å². The van der Waals surface area contributed by atoms with Gasteiger partial charge in [-0.3, -0.25) is 9.98 Å². The van der Waals surface area contributed by atoms with E-state index in [4.69, 9.17) is 0 Å². The first kappa shape index (κ1) is 7.92. The summed E-state index contributed by atoms with van der Waals surface area (Å²) in [4.78, 5) is 8.28. The molecule has 0 aromatic heterocycles. The molecule has 0 amide bonds. The number of rotatable bonds is 1. The number of nitrogens with zero attached hydrogens (tertiary/aromatic N) is 2. The molecule has 0 N–H and O–H groups in total. The second-order valence-electron chi connectivity index (χ2n) is 2.20. The van der Waals surface area contributed by atoms with Gasteiger partial charge in [-0.1, -0.05) is 6.08 Å². The number of hydrogen-bond donors (Lipinski definition) is 0. The van der Waals surface area contributed by atoms with E-state index in [2.05, 4.69) is 9.98 Å². The predicted molar refractivity (Wildman–Crippen MR) is 49.4 cm³/mol. The maximum absolute atomic E-state index is 4.28. The largest absolute Gasteiger partial charge is 0.283 e. The van der Waals surface area contributed by atoms with Crippen LogP contribution in [0.25, 0.3) is 0 Å². The SMILES string of the molecule is C/C=C1/C=CN=CC1=NCC. The van der Waals surface area contributed by atoms with Crippen molar-refractivity contribution in [3.63, 3.8) is 0 Å². The van der Waals surface area contributed by atoms with E-state index in [1.807, 2.05) is 26.0 Å². The van der Waals surface area contributed by atoms with E-state index < -0.39 is 0 Å². The van der Waals surface area contributed by atoms with Gasteiger partial charge in [-0.2, -0.15) is 0 Å². The molecular formula is C9H12N2. The molecule has 0 aliphatic carbocycles. The Morgan fingerprint density at radius 3 is 3.09 bits per heavy atom. The van der Waals surface area contributed by atoms with Crippen molar-refractivity contribution in [2.24, 2.45) is 9.98 Å². The molecule has 0 fully saturated rings. The lowest BCUT2D eigenvalue weighted by atomic mass is 10.1. The summed E-state index contributed by atoms with van der Waals surface area (Å²) in [7, 11) is 0. The third-order valence-electron chi connectivity index (χ3n) is 1.47. The van der Waals surface area contributed by atoms with Gasteiger partial charge in [-0.05, 0) is 25.5 Å². The van der Waals surface area contributed by atoms with Crippen molar-refractivity contribution in [2.45, 2.75) is 13.8 Å². The normalized spacial score (nSPS) is 23.5. The van der Waals surface area contributed by atoms with Crippen LogP contribution in [0.2, 0.25) is 0 Å². The molecule has 0 saturated heterocycles. The Bertz CT molecular complexity index is 244. The van der Waals surface area contributed by atoms with E-state index in [-0.39, 0.29) is 0 Å². The van der Waals surface area contributed by atoms with E-state index in [0.717, 1.165) is 17.8 Å². The first-order valence-corrected chi connectivity index (χ1v) is 3.79. The van der Waals surface area contributed by atoms with Gasteiger partial charge >= 0.3 is 0 Å². The summed E-state index contributed by atoms with van der Waals surface area (Å²) >= 11 is 0. The molecule has 0 saturated carbocycles. The summed E-state index contributed by atoms with van der Waals surface area (Å²) in [6.45, 7) is 4.84. The zero-order valence-corrected chi connectivity index (χ0v) is 6.91. The fraction of sp³-hybridized carbons (Fsp3) is 0.333. The molecule has 0 atom stereocenters. The summed E-state index contributed by atoms with van der Waals surface area (Å²) in [5.41, 5.74) is 2.14. The van der Waals surface area contributed by atoms with Gasteiger partial charge in [0.05, 0.1) is 11.9 Å². The van der Waals surface area contributed by atoms with Crippen molar-refractivity contribution in [3.05, 3.63) is 23.9 Å². The summed E-state index contributed by atoms with van der Waals surface area (Å²) in [5.74, 6) is 0. The van der Waals surface area contributed by atoms with Crippen molar-refractivity contribution in [3.8, 4) is 0 Å². The number of allylic oxidation sites excluding steroid dienone is 3. The molecule has 1 rings (SSSR count). The molecule has 11 heavy (non-hydrogen) atoms. The van der Waals surface area contributed by atoms with E-state index in [1.54, 1.807) is 12.4 Å². The van der Waals surface area contributed by atoms with Crippen molar-refractivity contribution in [1.82, 2.24) is 0 Å². The molecule has 58 valence electrons. The van der Waals surface area contributed by atoms with Crippen LogP contribution in [-0.2, 0) is 0 Å². The highest BCUT2D eigenvalue weighted by Crippen LogP contribution is 2.04. The Kier molecular flexibility index (Phi) is 2.78. The molecule has 0 bridgehead atoms. The second kappa shape index (κ2) is 3.86. The van der Waals surface area contributed by atoms with Crippen molar-refractivity contribution in [2.75, 3.05) is 6.54 Å². The summed E-state index contributed by atoms with van der Waals surface area (Å²) in [6, 6.07) is 0. The minimum absolute atomic E-state index is 0.812. The van der Waals surface area contributed by atoms with Gasteiger partial charge in [0, 0.05) is 12.7 Å². The first-order chi connectivity index (χ1) is 5.38. The van der Waals surface area contributed by atoms with Crippen LogP contribution in [0, 0.1) is 0 Å². The maximum Gasteiger partial charge on any atom is 0.0826 e. The third-order valence-corrected chi connectivity index (χ3v) is 1.47. The Balaban J connectivity index is 2.88. The molecule has 0 aromatic carbocycles. The van der Waals surface area contributed by atoms with E-state index >= 15 is 0 Å². The summed E-state index contributed by atoms with van der Waals surface area (Å²) in [6.07, 6.45) is 7.58. The topological polar surface area (TPSA) is 24.7 Å². The molecule has 2 heteroatoms. The van der Waals surface area contributed by atoms with Gasteiger partial charge in [0.25, 0.3) is 0 Å². The van der Waals surface area contributed by atoms with Crippen LogP contribution in [0.1, 0.15) is 13.8 Å². The Hall–Kier alpha value is -1.18. The molecule has 0 aromatic rings. The van der Waals surface area contributed by atoms with Crippen molar-refractivity contribution >= 4 is 11.9 Å². The predicted octanol–water partition coefficient (Wildman–Crippen LogP) is 1.99. The minimum Gasteiger partial charge on any atom is -0.283 e. The van der Waals surface area contributed by atoms with Gasteiger partial charge in [-0.15, -0.1) is 0 Å². The molecule has 1 heterocycles. The zero-order chi connectivity index (χ0) is 8.10. The molecule has 2 nitrogen and oxygen atoms in total. The van der Waals surface area contributed by atoms with Crippen LogP contribution >= 0.6 is 0 Å². The molecular weight excluding hydrogens is 136 g/mol. The third kappa shape index (κ3) is 1.87. The van der Waals surface area contributed by atoms with Gasteiger partial charge in [0.15, 0.2) is 0 Å². The van der Waals surface area contributed by atoms with E-state index in [1.165, 1.54) is 0 Å². The van der Waals surface area contributed by atoms with Gasteiger partial charge in [0.1, 0.15) is 0 Å². The standard InChI is InChI=1S/C9H12N2/c1-3-8-5-6-10-7-9(8)11-4-2/h3,5-7H,4H2,1-2H3/b8-3-,11-9?. The molecule has 0 spiro atoms. The molecule has 1 aliphatic heterocycles. The van der Waals surface area contributed by atoms with E-state index in [9.17, 15) is 0 Å². The number of hydrogen-bond acceptors (Lipinski definition) is 2. The van der Waals surface area contributed by atoms with Gasteiger partial charge < -0.3 is 0 Å². The highest BCUT2D eigenvalue weighted by Gasteiger charge is 2.01. The van der Waals surface area contributed by atoms with Crippen molar-refractivity contribution < 1.29 is 0 Å². The van der Waals surface area contributed by atoms with Crippen LogP contribution < -0.4 is 0 Å². The number of aliphatic imine (C=N–C) groups is 2. The fourth-order valence-electron chi connectivity index (χ4n) is 0.943. The van der Waals surface area contributed by atoms with Crippen LogP contribution in [0.5, 0.6) is 0 Å². The van der Waals surface area contributed by atoms with Crippen LogP contribution in [0.3, 0.4) is 0 Å². The fourth-order valence-corrected chi connectivity index (χ4v) is 0.943. The summed E-state index contributed by atoms with van der Waals surface area (Å²) in [5, 5.41) is 0. The lowest BCUT2D eigenvalue weighted by molar-refractivity contribution is 1.13. The molecule has 0 unspecified atom stereocenters. The second-order valence-corrected chi connectivity index (χ2v) is 2.20. The molecule has 0 radical (unpaired) electrons. The monoisotopic (exact) mass is 148 g/mol. The van der Waals surface area contributed by atoms with E-state index in [0.29, 0.717) is 0 Å². The first-order valence-electron chi connectivity index (χ1n) is 3.79. The Labute approximate surface area is 67.1 Å². The van der Waals surface area contributed by atoms with Crippen molar-refractivity contribution in [1.29, 1.82) is 0 Å². The Morgan fingerprint density at radius 2 is 2.45 bits per heavy atom. The van der Waals surface area contributed by atoms with Gasteiger partial charge in [-0.25, -0.2) is 0 Å². The average molecular weight is 148 g/mol. The lowest BCUT2D eigenvalue weighted by Crippen LogP contribution is -2.05. The Morgan fingerprint density at radius 1 is 1.64 bits per heavy atom. The zero-order valence-electron chi connectivity index (χ0n) is 6.91. The average Bonchev–Trinajstić information content (AvgIpc) is 2.06. The smallest absolute Gasteiger partial charge is 0.0826 e. The minimum atomic E-state index is 0.812. The maximum atomic E-state index is 4.28. The lowest BCUT2D eigenvalue weighted by Gasteiger charge is -2.03. The highest BCUT2D eigenvalue weighted by atomic mass is 14.8. The summed E-state index contributed by atoms with van der Waals surface area (Å²) < 4.78 is 0. The van der Waals surface area contributed by atoms with Crippen LogP contribution in [0.15, 0.2) is 33.9 Å². The van der Waals surface area contributed by atoms with Crippen LogP contribution in [-0.4, -0.2) is 18.5 Å². The molecule has 1 aliphatic rings. The highest BCUT2D eigenvalue weighted by molar-refractivity contribution is 6.39.